The Bertz CT molecular complexity index is 707. The van der Waals surface area contributed by atoms with E-state index in [0.29, 0.717) is 21.4 Å². The van der Waals surface area contributed by atoms with Crippen molar-refractivity contribution in [2.45, 2.75) is 12.8 Å². The molecule has 2 aromatic carbocycles. The van der Waals surface area contributed by atoms with Crippen LogP contribution in [0.25, 0.3) is 0 Å². The Labute approximate surface area is 152 Å². The number of benzene rings is 2. The molecule has 4 nitrogen and oxygen atoms in total. The Balaban J connectivity index is 1.82. The average Bonchev–Trinajstić information content (AvgIpc) is 2.61. The van der Waals surface area contributed by atoms with Crippen LogP contribution < -0.4 is 10.6 Å². The summed E-state index contributed by atoms with van der Waals surface area (Å²) in [6.07, 6.45) is 1.94. The van der Waals surface area contributed by atoms with Crippen molar-refractivity contribution in [3.63, 3.8) is 0 Å². The van der Waals surface area contributed by atoms with Crippen LogP contribution in [0.3, 0.4) is 0 Å². The van der Waals surface area contributed by atoms with Crippen LogP contribution in [0.2, 0.25) is 5.02 Å². The predicted molar refractivity (Wildman–Crippen MR) is 102 cm³/mol. The third kappa shape index (κ3) is 5.51. The number of anilines is 1. The molecular formula is C18H19ClN2O2S. The fraction of sp³-hybridized carbons (Fsp3) is 0.222. The van der Waals surface area contributed by atoms with E-state index in [1.54, 1.807) is 18.2 Å². The minimum absolute atomic E-state index is 0.413. The maximum Gasteiger partial charge on any atom is 0.337 e. The molecular weight excluding hydrogens is 344 g/mol. The molecule has 0 heterocycles. The van der Waals surface area contributed by atoms with Gasteiger partial charge < -0.3 is 15.4 Å². The molecule has 0 aromatic heterocycles. The molecule has 0 aliphatic rings. The third-order valence-electron chi connectivity index (χ3n) is 3.41. The van der Waals surface area contributed by atoms with Gasteiger partial charge in [-0.2, -0.15) is 0 Å². The molecule has 0 radical (unpaired) electrons. The maximum atomic E-state index is 11.6. The number of esters is 1. The molecule has 0 aliphatic carbocycles. The summed E-state index contributed by atoms with van der Waals surface area (Å²) in [6, 6.07) is 15.1. The Morgan fingerprint density at radius 1 is 1.21 bits per heavy atom. The first-order chi connectivity index (χ1) is 11.6. The van der Waals surface area contributed by atoms with Crippen LogP contribution in [0.4, 0.5) is 5.69 Å². The van der Waals surface area contributed by atoms with E-state index in [-0.39, 0.29) is 0 Å². The van der Waals surface area contributed by atoms with Crippen molar-refractivity contribution < 1.29 is 9.53 Å². The highest BCUT2D eigenvalue weighted by Crippen LogP contribution is 2.23. The zero-order valence-electron chi connectivity index (χ0n) is 13.3. The first kappa shape index (κ1) is 18.2. The largest absolute Gasteiger partial charge is 0.465 e. The second-order valence-corrected chi connectivity index (χ2v) is 5.97. The van der Waals surface area contributed by atoms with Gasteiger partial charge in [-0.1, -0.05) is 41.9 Å². The molecule has 0 unspecified atom stereocenters. The van der Waals surface area contributed by atoms with Gasteiger partial charge in [-0.15, -0.1) is 0 Å². The van der Waals surface area contributed by atoms with Crippen LogP contribution >= 0.6 is 23.8 Å². The molecule has 0 atom stereocenters. The van der Waals surface area contributed by atoms with Crippen molar-refractivity contribution in [3.05, 3.63) is 64.7 Å². The first-order valence-electron chi connectivity index (χ1n) is 7.57. The Morgan fingerprint density at radius 3 is 2.67 bits per heavy atom. The average molecular weight is 363 g/mol. The summed E-state index contributed by atoms with van der Waals surface area (Å²) in [5.74, 6) is -0.420. The number of methoxy groups -OCH3 is 1. The fourth-order valence-electron chi connectivity index (χ4n) is 2.17. The lowest BCUT2D eigenvalue weighted by Gasteiger charge is -2.12. The Kier molecular flexibility index (Phi) is 7.03. The lowest BCUT2D eigenvalue weighted by molar-refractivity contribution is 0.0601. The molecule has 2 aromatic rings. The number of aryl methyl sites for hydroxylation is 1. The summed E-state index contributed by atoms with van der Waals surface area (Å²) in [5, 5.41) is 7.09. The number of hydrogen-bond donors (Lipinski definition) is 2. The van der Waals surface area contributed by atoms with Crippen molar-refractivity contribution in [2.75, 3.05) is 19.0 Å². The molecule has 24 heavy (non-hydrogen) atoms. The smallest absolute Gasteiger partial charge is 0.337 e. The second kappa shape index (κ2) is 9.25. The summed E-state index contributed by atoms with van der Waals surface area (Å²) in [4.78, 5) is 11.6. The molecule has 0 fully saturated rings. The van der Waals surface area contributed by atoms with Gasteiger partial charge in [0, 0.05) is 6.54 Å². The minimum atomic E-state index is -0.420. The number of carbonyl (C=O) groups is 1. The van der Waals surface area contributed by atoms with Crippen molar-refractivity contribution in [1.29, 1.82) is 0 Å². The molecule has 0 saturated carbocycles. The van der Waals surface area contributed by atoms with Gasteiger partial charge in [0.15, 0.2) is 5.11 Å². The number of nitrogens with one attached hydrogen (secondary N) is 2. The van der Waals surface area contributed by atoms with Gasteiger partial charge in [-0.25, -0.2) is 4.79 Å². The van der Waals surface area contributed by atoms with Gasteiger partial charge in [-0.3, -0.25) is 0 Å². The molecule has 0 amide bonds. The van der Waals surface area contributed by atoms with Crippen molar-refractivity contribution >= 4 is 40.6 Å². The van der Waals surface area contributed by atoms with E-state index in [1.165, 1.54) is 12.7 Å². The highest BCUT2D eigenvalue weighted by molar-refractivity contribution is 7.80. The summed E-state index contributed by atoms with van der Waals surface area (Å²) >= 11 is 11.4. The summed E-state index contributed by atoms with van der Waals surface area (Å²) in [5.41, 5.74) is 2.28. The van der Waals surface area contributed by atoms with E-state index in [1.807, 2.05) is 18.2 Å². The monoisotopic (exact) mass is 362 g/mol. The molecule has 0 bridgehead atoms. The lowest BCUT2D eigenvalue weighted by atomic mass is 10.1. The highest BCUT2D eigenvalue weighted by Gasteiger charge is 2.09. The zero-order valence-corrected chi connectivity index (χ0v) is 14.9. The van der Waals surface area contributed by atoms with E-state index >= 15 is 0 Å². The summed E-state index contributed by atoms with van der Waals surface area (Å²) < 4.78 is 4.70. The lowest BCUT2D eigenvalue weighted by Crippen LogP contribution is -2.29. The molecule has 6 heteroatoms. The van der Waals surface area contributed by atoms with E-state index < -0.39 is 5.97 Å². The Morgan fingerprint density at radius 2 is 1.96 bits per heavy atom. The predicted octanol–water partition coefficient (Wildman–Crippen LogP) is 4.05. The fourth-order valence-corrected chi connectivity index (χ4v) is 2.55. The number of halogens is 1. The topological polar surface area (TPSA) is 50.4 Å². The van der Waals surface area contributed by atoms with E-state index in [9.17, 15) is 4.79 Å². The molecule has 0 saturated heterocycles. The van der Waals surface area contributed by atoms with Gasteiger partial charge in [0.25, 0.3) is 0 Å². The van der Waals surface area contributed by atoms with Crippen LogP contribution in [0.1, 0.15) is 22.3 Å². The van der Waals surface area contributed by atoms with Crippen LogP contribution in [0.5, 0.6) is 0 Å². The number of rotatable bonds is 6. The molecule has 2 N–H and O–H groups in total. The van der Waals surface area contributed by atoms with E-state index in [2.05, 4.69) is 22.8 Å². The third-order valence-corrected chi connectivity index (χ3v) is 3.98. The van der Waals surface area contributed by atoms with Crippen LogP contribution in [-0.2, 0) is 11.2 Å². The minimum Gasteiger partial charge on any atom is -0.465 e. The van der Waals surface area contributed by atoms with Crippen molar-refractivity contribution in [1.82, 2.24) is 5.32 Å². The first-order valence-corrected chi connectivity index (χ1v) is 8.35. The quantitative estimate of drug-likeness (QED) is 0.461. The number of ether oxygens (including phenoxy) is 1. The van der Waals surface area contributed by atoms with Gasteiger partial charge in [0.1, 0.15) is 0 Å². The Hall–Kier alpha value is -2.11. The van der Waals surface area contributed by atoms with E-state index in [0.717, 1.165) is 19.4 Å². The molecule has 126 valence electrons. The maximum absolute atomic E-state index is 11.6. The van der Waals surface area contributed by atoms with Crippen LogP contribution in [-0.4, -0.2) is 24.7 Å². The van der Waals surface area contributed by atoms with Gasteiger partial charge in [0.05, 0.1) is 23.4 Å². The number of thiocarbonyl (C=S) groups is 1. The summed E-state index contributed by atoms with van der Waals surface area (Å²) in [7, 11) is 1.34. The van der Waals surface area contributed by atoms with Gasteiger partial charge in [0.2, 0.25) is 0 Å². The summed E-state index contributed by atoms with van der Waals surface area (Å²) in [6.45, 7) is 0.745. The van der Waals surface area contributed by atoms with Crippen LogP contribution in [0, 0.1) is 0 Å². The van der Waals surface area contributed by atoms with Crippen LogP contribution in [0.15, 0.2) is 48.5 Å². The van der Waals surface area contributed by atoms with E-state index in [4.69, 9.17) is 28.6 Å². The molecule has 0 aliphatic heterocycles. The van der Waals surface area contributed by atoms with Gasteiger partial charge >= 0.3 is 5.97 Å². The number of carbonyl (C=O) groups excluding carboxylic acids is 1. The highest BCUT2D eigenvalue weighted by atomic mass is 35.5. The second-order valence-electron chi connectivity index (χ2n) is 5.16. The van der Waals surface area contributed by atoms with Crippen molar-refractivity contribution in [2.24, 2.45) is 0 Å². The zero-order chi connectivity index (χ0) is 17.4. The van der Waals surface area contributed by atoms with Crippen molar-refractivity contribution in [3.8, 4) is 0 Å². The molecule has 2 rings (SSSR count). The SMILES string of the molecule is COC(=O)c1ccc(Cl)c(NC(=S)NCCCc2ccccc2)c1. The normalized spacial score (nSPS) is 10.1. The molecule has 0 spiro atoms. The standard InChI is InChI=1S/C18H19ClN2O2S/c1-23-17(22)14-9-10-15(19)16(12-14)21-18(24)20-11-5-8-13-6-3-2-4-7-13/h2-4,6-7,9-10,12H,5,8,11H2,1H3,(H2,20,21,24). The number of hydrogen-bond acceptors (Lipinski definition) is 3. The van der Waals surface area contributed by atoms with Gasteiger partial charge in [-0.05, 0) is 48.8 Å².